The molecule has 0 aliphatic carbocycles. The first-order valence-corrected chi connectivity index (χ1v) is 9.66. The summed E-state index contributed by atoms with van der Waals surface area (Å²) in [6, 6.07) is 5.77. The second-order valence-corrected chi connectivity index (χ2v) is 6.53. The van der Waals surface area contributed by atoms with Gasteiger partial charge in [0.15, 0.2) is 5.92 Å². The zero-order valence-electron chi connectivity index (χ0n) is 16.9. The number of hydrogen-bond acceptors (Lipinski definition) is 5. The van der Waals surface area contributed by atoms with Crippen LogP contribution < -0.4 is 19.9 Å². The van der Waals surface area contributed by atoms with E-state index in [0.717, 1.165) is 24.5 Å². The number of benzene rings is 1. The monoisotopic (exact) mass is 389 g/mol. The van der Waals surface area contributed by atoms with Gasteiger partial charge in [-0.2, -0.15) is 0 Å². The minimum atomic E-state index is -1.09. The fourth-order valence-corrected chi connectivity index (χ4v) is 3.21. The zero-order chi connectivity index (χ0) is 20.7. The molecule has 2 N–H and O–H groups in total. The minimum absolute atomic E-state index is 0.379. The number of imide groups is 2. The van der Waals surface area contributed by atoms with Gasteiger partial charge in [-0.05, 0) is 44.5 Å². The number of urea groups is 1. The summed E-state index contributed by atoms with van der Waals surface area (Å²) in [6.45, 7) is 9.44. The van der Waals surface area contributed by atoms with E-state index >= 15 is 0 Å². The molecule has 152 valence electrons. The first-order valence-electron chi connectivity index (χ1n) is 9.66. The van der Waals surface area contributed by atoms with Crippen LogP contribution in [0.2, 0.25) is 0 Å². The molecular formula is C20H29N4O4+. The molecule has 0 radical (unpaired) electrons. The zero-order valence-corrected chi connectivity index (χ0v) is 16.9. The predicted molar refractivity (Wildman–Crippen MR) is 107 cm³/mol. The van der Waals surface area contributed by atoms with Gasteiger partial charge >= 0.3 is 6.03 Å². The van der Waals surface area contributed by atoms with Gasteiger partial charge < -0.3 is 9.64 Å². The predicted octanol–water partition coefficient (Wildman–Crippen LogP) is 0.670. The number of carbonyl (C=O) groups excluding carboxylic acids is 3. The van der Waals surface area contributed by atoms with E-state index in [1.807, 2.05) is 6.92 Å². The van der Waals surface area contributed by atoms with E-state index < -0.39 is 23.8 Å². The van der Waals surface area contributed by atoms with E-state index in [1.54, 1.807) is 24.3 Å². The van der Waals surface area contributed by atoms with Crippen molar-refractivity contribution in [2.24, 2.45) is 10.9 Å². The van der Waals surface area contributed by atoms with E-state index in [2.05, 4.69) is 24.2 Å². The summed E-state index contributed by atoms with van der Waals surface area (Å²) in [6.07, 6.45) is 0.460. The smallest absolute Gasteiger partial charge is 0.335 e. The van der Waals surface area contributed by atoms with Gasteiger partial charge in [0.25, 0.3) is 5.91 Å². The molecule has 1 aromatic carbocycles. The van der Waals surface area contributed by atoms with Gasteiger partial charge in [0.1, 0.15) is 5.75 Å². The van der Waals surface area contributed by atoms with Crippen molar-refractivity contribution in [3.05, 3.63) is 24.3 Å². The lowest BCUT2D eigenvalue weighted by molar-refractivity contribution is -0.894. The summed E-state index contributed by atoms with van der Waals surface area (Å²) in [5.41, 5.74) is 0.879. The number of anilines is 1. The van der Waals surface area contributed by atoms with Gasteiger partial charge in [-0.3, -0.25) is 19.9 Å². The third-order valence-electron chi connectivity index (χ3n) is 4.97. The summed E-state index contributed by atoms with van der Waals surface area (Å²) >= 11 is 0. The molecule has 0 spiro atoms. The lowest BCUT2D eigenvalue weighted by atomic mass is 9.96. The van der Waals surface area contributed by atoms with Crippen LogP contribution in [0.15, 0.2) is 29.3 Å². The highest BCUT2D eigenvalue weighted by molar-refractivity contribution is 6.35. The Morgan fingerprint density at radius 3 is 2.32 bits per heavy atom. The number of aliphatic imine (C=N–C) groups is 1. The van der Waals surface area contributed by atoms with Crippen LogP contribution in [-0.2, 0) is 9.59 Å². The summed E-state index contributed by atoms with van der Waals surface area (Å²) in [5.74, 6) is -1.67. The third kappa shape index (κ3) is 4.75. The summed E-state index contributed by atoms with van der Waals surface area (Å²) in [7, 11) is 1.53. The van der Waals surface area contributed by atoms with Gasteiger partial charge in [0.05, 0.1) is 39.0 Å². The van der Waals surface area contributed by atoms with Crippen molar-refractivity contribution >= 4 is 29.2 Å². The van der Waals surface area contributed by atoms with E-state index in [9.17, 15) is 14.4 Å². The standard InChI is InChI=1S/C20H28N4O4/c1-5-16(21-12-13-23(6-2)7-3)17-18(25)22-20(27)24(19(17)26)14-8-10-15(28-4)11-9-14/h8-11,17H,5-7,12-13H2,1-4H3,(H,22,25,27)/p+1. The average molecular weight is 389 g/mol. The lowest BCUT2D eigenvalue weighted by Crippen LogP contribution is -3.11. The molecule has 1 atom stereocenters. The topological polar surface area (TPSA) is 92.5 Å². The van der Waals surface area contributed by atoms with Crippen LogP contribution in [0, 0.1) is 5.92 Å². The Bertz CT molecular complexity index is 741. The third-order valence-corrected chi connectivity index (χ3v) is 4.97. The van der Waals surface area contributed by atoms with Crippen molar-refractivity contribution in [2.45, 2.75) is 27.2 Å². The van der Waals surface area contributed by atoms with Crippen LogP contribution in [0.4, 0.5) is 10.5 Å². The number of carbonyl (C=O) groups is 3. The van der Waals surface area contributed by atoms with Gasteiger partial charge in [0.2, 0.25) is 5.91 Å². The van der Waals surface area contributed by atoms with E-state index in [0.29, 0.717) is 30.1 Å². The molecule has 1 aliphatic rings. The number of likely N-dealkylation sites (N-methyl/N-ethyl adjacent to an activating group) is 1. The molecule has 1 aromatic rings. The Hall–Kier alpha value is -2.74. The summed E-state index contributed by atoms with van der Waals surface area (Å²) < 4.78 is 5.11. The highest BCUT2D eigenvalue weighted by atomic mass is 16.5. The lowest BCUT2D eigenvalue weighted by Gasteiger charge is -2.30. The van der Waals surface area contributed by atoms with Crippen LogP contribution in [-0.4, -0.2) is 56.8 Å². The van der Waals surface area contributed by atoms with Crippen LogP contribution in [0.25, 0.3) is 0 Å². The van der Waals surface area contributed by atoms with Gasteiger partial charge in [-0.15, -0.1) is 0 Å². The van der Waals surface area contributed by atoms with Crippen LogP contribution in [0.3, 0.4) is 0 Å². The number of methoxy groups -OCH3 is 1. The second-order valence-electron chi connectivity index (χ2n) is 6.53. The van der Waals surface area contributed by atoms with Gasteiger partial charge in [0, 0.05) is 5.71 Å². The van der Waals surface area contributed by atoms with Crippen LogP contribution in [0.5, 0.6) is 5.75 Å². The fraction of sp³-hybridized carbons (Fsp3) is 0.500. The largest absolute Gasteiger partial charge is 0.497 e. The van der Waals surface area contributed by atoms with E-state index in [-0.39, 0.29) is 0 Å². The Morgan fingerprint density at radius 2 is 1.79 bits per heavy atom. The number of quaternary nitrogens is 1. The molecule has 8 heteroatoms. The Morgan fingerprint density at radius 1 is 1.14 bits per heavy atom. The maximum atomic E-state index is 13.0. The van der Waals surface area contributed by atoms with E-state index in [1.165, 1.54) is 12.0 Å². The maximum Gasteiger partial charge on any atom is 0.335 e. The summed E-state index contributed by atoms with van der Waals surface area (Å²) in [4.78, 5) is 44.7. The molecule has 1 heterocycles. The van der Waals surface area contributed by atoms with Crippen LogP contribution in [0.1, 0.15) is 27.2 Å². The Balaban J connectivity index is 2.25. The Labute approximate surface area is 165 Å². The molecule has 28 heavy (non-hydrogen) atoms. The van der Waals surface area contributed by atoms with Gasteiger partial charge in [-0.25, -0.2) is 9.69 Å². The highest BCUT2D eigenvalue weighted by Crippen LogP contribution is 2.24. The van der Waals surface area contributed by atoms with Crippen molar-refractivity contribution < 1.29 is 24.0 Å². The molecule has 1 aliphatic heterocycles. The second kappa shape index (κ2) is 9.98. The minimum Gasteiger partial charge on any atom is -0.497 e. The van der Waals surface area contributed by atoms with Crippen molar-refractivity contribution in [1.82, 2.24) is 5.32 Å². The number of nitrogens with one attached hydrogen (secondary N) is 2. The molecule has 4 amide bonds. The highest BCUT2D eigenvalue weighted by Gasteiger charge is 2.43. The van der Waals surface area contributed by atoms with Gasteiger partial charge in [-0.1, -0.05) is 6.92 Å². The average Bonchev–Trinajstić information content (AvgIpc) is 2.70. The molecule has 1 fully saturated rings. The fourth-order valence-electron chi connectivity index (χ4n) is 3.21. The maximum absolute atomic E-state index is 13.0. The first-order chi connectivity index (χ1) is 13.5. The number of ether oxygens (including phenoxy) is 1. The van der Waals surface area contributed by atoms with Crippen molar-refractivity contribution in [2.75, 3.05) is 38.2 Å². The van der Waals surface area contributed by atoms with Crippen molar-refractivity contribution in [1.29, 1.82) is 0 Å². The quantitative estimate of drug-likeness (QED) is 0.480. The molecule has 1 saturated heterocycles. The van der Waals surface area contributed by atoms with E-state index in [4.69, 9.17) is 4.74 Å². The normalized spacial score (nSPS) is 17.9. The molecular weight excluding hydrogens is 360 g/mol. The first kappa shape index (κ1) is 21.6. The number of nitrogens with zero attached hydrogens (tertiary/aromatic N) is 2. The molecule has 0 saturated carbocycles. The van der Waals surface area contributed by atoms with Crippen LogP contribution >= 0.6 is 0 Å². The molecule has 8 nitrogen and oxygen atoms in total. The number of rotatable bonds is 9. The molecule has 0 bridgehead atoms. The molecule has 1 unspecified atom stereocenters. The van der Waals surface area contributed by atoms with Crippen molar-refractivity contribution in [3.63, 3.8) is 0 Å². The SMILES string of the molecule is CCC(=NCC[NH+](CC)CC)C1C(=O)NC(=O)N(c2ccc(OC)cc2)C1=O. The Kier molecular flexibility index (Phi) is 7.69. The number of hydrogen-bond donors (Lipinski definition) is 2. The number of amides is 4. The molecule has 0 aromatic heterocycles. The number of barbiturate groups is 1. The summed E-state index contributed by atoms with van der Waals surface area (Å²) in [5, 5.41) is 2.28. The molecule has 2 rings (SSSR count). The van der Waals surface area contributed by atoms with Crippen molar-refractivity contribution in [3.8, 4) is 5.75 Å².